The molecule has 0 aliphatic rings. The molecular formula is C10H16N5O7P. The second kappa shape index (κ2) is 7.17. The molecule has 0 fully saturated rings. The quantitative estimate of drug-likeness (QED) is 0.423. The normalized spacial score (nSPS) is 13.5. The van der Waals surface area contributed by atoms with E-state index >= 15 is 0 Å². The van der Waals surface area contributed by atoms with Crippen molar-refractivity contribution in [3.63, 3.8) is 0 Å². The van der Waals surface area contributed by atoms with Gasteiger partial charge in [0.05, 0.1) is 19.5 Å². The zero-order chi connectivity index (χ0) is 17.0. The summed E-state index contributed by atoms with van der Waals surface area (Å²) in [6.45, 7) is -0.422. The van der Waals surface area contributed by atoms with E-state index in [2.05, 4.69) is 19.5 Å². The number of methoxy groups -OCH3 is 1. The Bertz CT molecular complexity index is 769. The lowest BCUT2D eigenvalue weighted by molar-refractivity contribution is -0.0567. The highest BCUT2D eigenvalue weighted by Crippen LogP contribution is 2.35. The van der Waals surface area contributed by atoms with Gasteiger partial charge in [0, 0.05) is 7.11 Å². The number of rotatable bonds is 8. The monoisotopic (exact) mass is 349 g/mol. The van der Waals surface area contributed by atoms with Gasteiger partial charge in [0.1, 0.15) is 12.8 Å². The topological polar surface area (TPSA) is 175 Å². The number of aromatic nitrogens is 4. The predicted octanol–water partition coefficient (Wildman–Crippen LogP) is -1.20. The van der Waals surface area contributed by atoms with E-state index in [1.54, 1.807) is 0 Å². The molecule has 0 amide bonds. The highest BCUT2D eigenvalue weighted by Gasteiger charge is 2.19. The zero-order valence-corrected chi connectivity index (χ0v) is 13.0. The summed E-state index contributed by atoms with van der Waals surface area (Å²) in [6.07, 6.45) is 0.587. The average molecular weight is 349 g/mol. The zero-order valence-electron chi connectivity index (χ0n) is 12.1. The molecule has 128 valence electrons. The highest BCUT2D eigenvalue weighted by atomic mass is 31.2. The Balaban J connectivity index is 2.08. The second-order valence-corrected chi connectivity index (χ2v) is 5.74. The molecule has 0 saturated heterocycles. The summed E-state index contributed by atoms with van der Waals surface area (Å²) in [7, 11) is -3.20. The third-order valence-corrected chi connectivity index (χ3v) is 3.21. The molecule has 2 aromatic rings. The van der Waals surface area contributed by atoms with Crippen LogP contribution in [-0.4, -0.2) is 55.7 Å². The number of anilines is 1. The van der Waals surface area contributed by atoms with Gasteiger partial charge in [0.2, 0.25) is 5.95 Å². The molecular weight excluding hydrogens is 333 g/mol. The van der Waals surface area contributed by atoms with Gasteiger partial charge in [-0.05, 0) is 0 Å². The van der Waals surface area contributed by atoms with E-state index in [0.717, 1.165) is 0 Å². The SMILES string of the molecule is COCC(COP(=O)(O)O)OCn1cnc2c(=O)[nH]c(N)nc21. The van der Waals surface area contributed by atoms with Crippen molar-refractivity contribution in [1.29, 1.82) is 0 Å². The fourth-order valence-electron chi connectivity index (χ4n) is 1.76. The first-order chi connectivity index (χ1) is 10.8. The maximum Gasteiger partial charge on any atom is 0.469 e. The lowest BCUT2D eigenvalue weighted by atomic mass is 10.4. The van der Waals surface area contributed by atoms with E-state index < -0.39 is 19.5 Å². The number of phosphoric acid groups is 1. The fraction of sp³-hybridized carbons (Fsp3) is 0.500. The number of hydrogen-bond donors (Lipinski definition) is 4. The largest absolute Gasteiger partial charge is 0.469 e. The number of nitrogens with zero attached hydrogens (tertiary/aromatic N) is 3. The van der Waals surface area contributed by atoms with Crippen LogP contribution in [0.3, 0.4) is 0 Å². The Morgan fingerprint density at radius 2 is 2.22 bits per heavy atom. The van der Waals surface area contributed by atoms with Crippen molar-refractivity contribution < 1.29 is 28.3 Å². The molecule has 1 unspecified atom stereocenters. The average Bonchev–Trinajstić information content (AvgIpc) is 2.84. The van der Waals surface area contributed by atoms with E-state index in [4.69, 9.17) is 25.0 Å². The van der Waals surface area contributed by atoms with Crippen molar-refractivity contribution in [3.05, 3.63) is 16.7 Å². The van der Waals surface area contributed by atoms with Crippen molar-refractivity contribution in [2.75, 3.05) is 26.1 Å². The minimum absolute atomic E-state index is 0.0444. The Hall–Kier alpha value is -1.82. The van der Waals surface area contributed by atoms with Gasteiger partial charge in [-0.3, -0.25) is 18.9 Å². The molecule has 2 heterocycles. The summed E-state index contributed by atoms with van der Waals surface area (Å²) in [5.41, 5.74) is 5.31. The molecule has 1 atom stereocenters. The Morgan fingerprint density at radius 1 is 1.48 bits per heavy atom. The smallest absolute Gasteiger partial charge is 0.382 e. The van der Waals surface area contributed by atoms with Gasteiger partial charge in [-0.2, -0.15) is 4.98 Å². The standard InChI is InChI=1S/C10H16N5O7P/c1-20-2-6(3-22-23(17,18)19)21-5-15-4-12-7-8(15)13-10(11)14-9(7)16/h4,6H,2-3,5H2,1H3,(H2,17,18,19)(H3,11,13,14,16). The van der Waals surface area contributed by atoms with Crippen LogP contribution < -0.4 is 11.3 Å². The number of phosphoric ester groups is 1. The van der Waals surface area contributed by atoms with E-state index in [-0.39, 0.29) is 37.1 Å². The summed E-state index contributed by atoms with van der Waals surface area (Å²) in [6, 6.07) is 0. The first-order valence-corrected chi connectivity index (χ1v) is 7.84. The molecule has 12 nitrogen and oxygen atoms in total. The van der Waals surface area contributed by atoms with Crippen LogP contribution in [0.5, 0.6) is 0 Å². The molecule has 0 spiro atoms. The number of imidazole rings is 1. The minimum atomic E-state index is -4.61. The van der Waals surface area contributed by atoms with E-state index in [1.807, 2.05) is 0 Å². The first-order valence-electron chi connectivity index (χ1n) is 6.31. The molecule has 23 heavy (non-hydrogen) atoms. The van der Waals surface area contributed by atoms with Gasteiger partial charge in [-0.25, -0.2) is 9.55 Å². The Kier molecular flexibility index (Phi) is 5.46. The lowest BCUT2D eigenvalue weighted by Crippen LogP contribution is -2.26. The van der Waals surface area contributed by atoms with Gasteiger partial charge in [0.15, 0.2) is 11.2 Å². The number of nitrogens with one attached hydrogen (secondary N) is 1. The van der Waals surface area contributed by atoms with Gasteiger partial charge >= 0.3 is 7.82 Å². The van der Waals surface area contributed by atoms with E-state index in [1.165, 1.54) is 18.0 Å². The Labute approximate surface area is 129 Å². The second-order valence-electron chi connectivity index (χ2n) is 4.50. The molecule has 0 bridgehead atoms. The van der Waals surface area contributed by atoms with Gasteiger partial charge in [-0.1, -0.05) is 0 Å². The van der Waals surface area contributed by atoms with Crippen molar-refractivity contribution in [3.8, 4) is 0 Å². The van der Waals surface area contributed by atoms with Crippen LogP contribution in [0.4, 0.5) is 5.95 Å². The van der Waals surface area contributed by atoms with E-state index in [0.29, 0.717) is 0 Å². The van der Waals surface area contributed by atoms with Gasteiger partial charge in [-0.15, -0.1) is 0 Å². The lowest BCUT2D eigenvalue weighted by Gasteiger charge is -2.17. The van der Waals surface area contributed by atoms with Crippen LogP contribution in [0.1, 0.15) is 0 Å². The number of hydrogen-bond acceptors (Lipinski definition) is 8. The van der Waals surface area contributed by atoms with Crippen LogP contribution in [-0.2, 0) is 25.3 Å². The summed E-state index contributed by atoms with van der Waals surface area (Å²) in [4.78, 5) is 39.2. The fourth-order valence-corrected chi connectivity index (χ4v) is 2.12. The van der Waals surface area contributed by atoms with Crippen LogP contribution in [0.2, 0.25) is 0 Å². The summed E-state index contributed by atoms with van der Waals surface area (Å²) in [5.74, 6) is -0.0671. The van der Waals surface area contributed by atoms with Crippen LogP contribution in [0.15, 0.2) is 11.1 Å². The maximum atomic E-state index is 11.6. The van der Waals surface area contributed by atoms with Gasteiger partial charge in [0.25, 0.3) is 5.56 Å². The molecule has 0 radical (unpaired) electrons. The first kappa shape index (κ1) is 17.5. The van der Waals surface area contributed by atoms with Crippen molar-refractivity contribution in [1.82, 2.24) is 19.5 Å². The number of nitrogens with two attached hydrogens (primary N) is 1. The molecule has 2 aromatic heterocycles. The van der Waals surface area contributed by atoms with Crippen LogP contribution >= 0.6 is 7.82 Å². The maximum absolute atomic E-state index is 11.6. The number of fused-ring (bicyclic) bond motifs is 1. The van der Waals surface area contributed by atoms with Crippen molar-refractivity contribution in [2.45, 2.75) is 12.8 Å². The molecule has 2 rings (SSSR count). The molecule has 0 aliphatic carbocycles. The molecule has 0 aromatic carbocycles. The third kappa shape index (κ3) is 4.82. The summed E-state index contributed by atoms with van der Waals surface area (Å²) in [5, 5.41) is 0. The molecule has 0 saturated carbocycles. The number of nitrogen functional groups attached to an aromatic ring is 1. The van der Waals surface area contributed by atoms with Crippen molar-refractivity contribution >= 4 is 24.9 Å². The molecule has 0 aliphatic heterocycles. The van der Waals surface area contributed by atoms with Gasteiger partial charge < -0.3 is 25.0 Å². The summed E-state index contributed by atoms with van der Waals surface area (Å²) < 4.78 is 26.9. The third-order valence-electron chi connectivity index (χ3n) is 2.72. The number of aromatic amines is 1. The van der Waals surface area contributed by atoms with E-state index in [9.17, 15) is 9.36 Å². The number of H-pyrrole nitrogens is 1. The molecule has 5 N–H and O–H groups in total. The Morgan fingerprint density at radius 3 is 2.87 bits per heavy atom. The number of ether oxygens (including phenoxy) is 2. The van der Waals surface area contributed by atoms with Crippen molar-refractivity contribution in [2.24, 2.45) is 0 Å². The van der Waals surface area contributed by atoms with Crippen LogP contribution in [0.25, 0.3) is 11.2 Å². The predicted molar refractivity (Wildman–Crippen MR) is 77.3 cm³/mol. The minimum Gasteiger partial charge on any atom is -0.382 e. The van der Waals surface area contributed by atoms with Crippen LogP contribution in [0, 0.1) is 0 Å². The molecule has 13 heteroatoms. The summed E-state index contributed by atoms with van der Waals surface area (Å²) >= 11 is 0. The highest BCUT2D eigenvalue weighted by molar-refractivity contribution is 7.46.